The Kier molecular flexibility index (Phi) is 4.11. The van der Waals surface area contributed by atoms with Crippen LogP contribution in [-0.4, -0.2) is 42.3 Å². The molecule has 0 aliphatic rings. The Balaban J connectivity index is 2.22. The van der Waals surface area contributed by atoms with Gasteiger partial charge < -0.3 is 4.74 Å². The van der Waals surface area contributed by atoms with Gasteiger partial charge in [-0.2, -0.15) is 5.10 Å². The molecule has 2 aromatic heterocycles. The number of carbonyl (C=O) groups is 1. The summed E-state index contributed by atoms with van der Waals surface area (Å²) in [5.41, 5.74) is 0.893. The maximum absolute atomic E-state index is 11.7. The first-order chi connectivity index (χ1) is 9.54. The zero-order valence-electron chi connectivity index (χ0n) is 12.1. The van der Waals surface area contributed by atoms with Gasteiger partial charge >= 0.3 is 5.97 Å². The average molecular weight is 278 g/mol. The number of aromatic nitrogens is 6. The van der Waals surface area contributed by atoms with E-state index in [-0.39, 0.29) is 11.7 Å². The number of nitrogens with zero attached hydrogens (tertiary/aromatic N) is 6. The van der Waals surface area contributed by atoms with Crippen LogP contribution in [0.1, 0.15) is 48.8 Å². The third-order valence-corrected chi connectivity index (χ3v) is 2.88. The zero-order valence-corrected chi connectivity index (χ0v) is 12.1. The summed E-state index contributed by atoms with van der Waals surface area (Å²) in [6.07, 6.45) is 1.51. The van der Waals surface area contributed by atoms with Crippen molar-refractivity contribution in [3.8, 4) is 0 Å². The van der Waals surface area contributed by atoms with Crippen LogP contribution in [0.25, 0.3) is 0 Å². The molecule has 2 heterocycles. The van der Waals surface area contributed by atoms with Crippen molar-refractivity contribution in [2.24, 2.45) is 0 Å². The van der Waals surface area contributed by atoms with Gasteiger partial charge in [0.05, 0.1) is 12.3 Å². The van der Waals surface area contributed by atoms with Crippen LogP contribution in [0.4, 0.5) is 0 Å². The molecule has 0 fully saturated rings. The summed E-state index contributed by atoms with van der Waals surface area (Å²) < 4.78 is 8.36. The van der Waals surface area contributed by atoms with Gasteiger partial charge in [-0.1, -0.05) is 5.21 Å². The van der Waals surface area contributed by atoms with Crippen LogP contribution in [-0.2, 0) is 11.3 Å². The van der Waals surface area contributed by atoms with Crippen LogP contribution in [0.5, 0.6) is 0 Å². The van der Waals surface area contributed by atoms with E-state index < -0.39 is 5.97 Å². The molecule has 108 valence electrons. The third-order valence-electron chi connectivity index (χ3n) is 2.88. The smallest absolute Gasteiger partial charge is 0.360 e. The molecule has 0 saturated carbocycles. The van der Waals surface area contributed by atoms with Gasteiger partial charge in [-0.3, -0.25) is 0 Å². The van der Waals surface area contributed by atoms with E-state index in [1.807, 2.05) is 18.5 Å². The molecule has 0 saturated heterocycles. The summed E-state index contributed by atoms with van der Waals surface area (Å²) >= 11 is 0. The summed E-state index contributed by atoms with van der Waals surface area (Å²) in [5.74, 6) is 0.310. The molecule has 0 spiro atoms. The maximum atomic E-state index is 11.7. The monoisotopic (exact) mass is 278 g/mol. The highest BCUT2D eigenvalue weighted by Gasteiger charge is 2.19. The van der Waals surface area contributed by atoms with Crippen molar-refractivity contribution in [2.75, 3.05) is 6.61 Å². The Morgan fingerprint density at radius 3 is 2.85 bits per heavy atom. The summed E-state index contributed by atoms with van der Waals surface area (Å²) in [6.45, 7) is 8.31. The van der Waals surface area contributed by atoms with Crippen molar-refractivity contribution >= 4 is 5.97 Å². The van der Waals surface area contributed by atoms with E-state index in [1.54, 1.807) is 18.5 Å². The molecule has 20 heavy (non-hydrogen) atoms. The average Bonchev–Trinajstić information content (AvgIpc) is 2.98. The number of carbonyl (C=O) groups excluding carboxylic acids is 1. The minimum Gasteiger partial charge on any atom is -0.461 e. The highest BCUT2D eigenvalue weighted by molar-refractivity contribution is 5.88. The highest BCUT2D eigenvalue weighted by atomic mass is 16.5. The van der Waals surface area contributed by atoms with E-state index in [4.69, 9.17) is 4.74 Å². The van der Waals surface area contributed by atoms with E-state index >= 15 is 0 Å². The molecular weight excluding hydrogens is 260 g/mol. The van der Waals surface area contributed by atoms with Crippen molar-refractivity contribution in [2.45, 2.75) is 40.3 Å². The Morgan fingerprint density at radius 2 is 2.20 bits per heavy atom. The molecule has 2 rings (SSSR count). The van der Waals surface area contributed by atoms with Gasteiger partial charge in [0.1, 0.15) is 18.7 Å². The lowest BCUT2D eigenvalue weighted by atomic mass is 10.3. The number of ether oxygens (including phenoxy) is 1. The van der Waals surface area contributed by atoms with Crippen LogP contribution in [0.15, 0.2) is 6.33 Å². The molecule has 0 unspecified atom stereocenters. The normalized spacial score (nSPS) is 11.1. The molecule has 0 aliphatic carbocycles. The summed E-state index contributed by atoms with van der Waals surface area (Å²) in [4.78, 5) is 15.9. The Bertz CT molecular complexity index is 601. The molecule has 0 bridgehead atoms. The van der Waals surface area contributed by atoms with Gasteiger partial charge in [0, 0.05) is 6.04 Å². The quantitative estimate of drug-likeness (QED) is 0.758. The van der Waals surface area contributed by atoms with Crippen LogP contribution >= 0.6 is 0 Å². The van der Waals surface area contributed by atoms with E-state index in [0.29, 0.717) is 18.8 Å². The van der Waals surface area contributed by atoms with Gasteiger partial charge in [0.15, 0.2) is 5.69 Å². The second-order valence-corrected chi connectivity index (χ2v) is 4.62. The van der Waals surface area contributed by atoms with Crippen molar-refractivity contribution in [3.05, 3.63) is 23.5 Å². The van der Waals surface area contributed by atoms with E-state index in [9.17, 15) is 4.79 Å². The number of esters is 1. The minimum atomic E-state index is -0.457. The number of hydrogen-bond acceptors (Lipinski definition) is 6. The SMILES string of the molecule is CCOC(=O)c1nnn(Cc2ncnn2C(C)C)c1C. The zero-order chi connectivity index (χ0) is 14.7. The van der Waals surface area contributed by atoms with Crippen molar-refractivity contribution < 1.29 is 9.53 Å². The van der Waals surface area contributed by atoms with E-state index in [1.165, 1.54) is 6.33 Å². The Labute approximate surface area is 116 Å². The van der Waals surface area contributed by atoms with Crippen LogP contribution in [0.2, 0.25) is 0 Å². The predicted octanol–water partition coefficient (Wildman–Crippen LogP) is 0.984. The number of hydrogen-bond donors (Lipinski definition) is 0. The highest BCUT2D eigenvalue weighted by Crippen LogP contribution is 2.10. The van der Waals surface area contributed by atoms with E-state index in [0.717, 1.165) is 5.82 Å². The van der Waals surface area contributed by atoms with Gasteiger partial charge in [-0.15, -0.1) is 5.10 Å². The van der Waals surface area contributed by atoms with Gasteiger partial charge in [-0.05, 0) is 27.7 Å². The first kappa shape index (κ1) is 14.2. The first-order valence-corrected chi connectivity index (χ1v) is 6.50. The topological polar surface area (TPSA) is 87.7 Å². The second-order valence-electron chi connectivity index (χ2n) is 4.62. The largest absolute Gasteiger partial charge is 0.461 e. The van der Waals surface area contributed by atoms with E-state index in [2.05, 4.69) is 20.4 Å². The van der Waals surface area contributed by atoms with Gasteiger partial charge in [-0.25, -0.2) is 19.1 Å². The van der Waals surface area contributed by atoms with Crippen LogP contribution < -0.4 is 0 Å². The molecule has 0 atom stereocenters. The maximum Gasteiger partial charge on any atom is 0.360 e. The molecule has 8 heteroatoms. The molecule has 8 nitrogen and oxygen atoms in total. The fourth-order valence-corrected chi connectivity index (χ4v) is 1.85. The van der Waals surface area contributed by atoms with Gasteiger partial charge in [0.25, 0.3) is 0 Å². The lowest BCUT2D eigenvalue weighted by molar-refractivity contribution is 0.0518. The fraction of sp³-hybridized carbons (Fsp3) is 0.583. The molecule has 0 amide bonds. The molecule has 0 aromatic carbocycles. The lowest BCUT2D eigenvalue weighted by Crippen LogP contribution is -2.14. The summed E-state index contributed by atoms with van der Waals surface area (Å²) in [6, 6.07) is 0.209. The molecule has 0 radical (unpaired) electrons. The molecule has 0 aliphatic heterocycles. The van der Waals surface area contributed by atoms with Crippen LogP contribution in [0.3, 0.4) is 0 Å². The van der Waals surface area contributed by atoms with Crippen molar-refractivity contribution in [3.63, 3.8) is 0 Å². The van der Waals surface area contributed by atoms with Gasteiger partial charge in [0.2, 0.25) is 0 Å². The predicted molar refractivity (Wildman–Crippen MR) is 70.2 cm³/mol. The summed E-state index contributed by atoms with van der Waals surface area (Å²) in [5, 5.41) is 12.0. The van der Waals surface area contributed by atoms with Crippen molar-refractivity contribution in [1.82, 2.24) is 29.8 Å². The Morgan fingerprint density at radius 1 is 1.45 bits per heavy atom. The van der Waals surface area contributed by atoms with Crippen LogP contribution in [0, 0.1) is 6.92 Å². The molecule has 0 N–H and O–H groups in total. The number of rotatable bonds is 5. The molecule has 2 aromatic rings. The second kappa shape index (κ2) is 5.81. The van der Waals surface area contributed by atoms with Crippen molar-refractivity contribution in [1.29, 1.82) is 0 Å². The lowest BCUT2D eigenvalue weighted by Gasteiger charge is -2.09. The first-order valence-electron chi connectivity index (χ1n) is 6.50. The Hall–Kier alpha value is -2.25. The minimum absolute atomic E-state index is 0.209. The molecular formula is C12H18N6O2. The third kappa shape index (κ3) is 2.68. The standard InChI is InChI=1S/C12H18N6O2/c1-5-20-12(19)11-9(4)17(16-15-11)6-10-13-7-14-18(10)8(2)3/h7-8H,5-6H2,1-4H3. The summed E-state index contributed by atoms with van der Waals surface area (Å²) in [7, 11) is 0. The fourth-order valence-electron chi connectivity index (χ4n) is 1.85.